The van der Waals surface area contributed by atoms with Gasteiger partial charge in [0.2, 0.25) is 5.91 Å². The second-order valence-electron chi connectivity index (χ2n) is 6.13. The third-order valence-corrected chi connectivity index (χ3v) is 4.78. The van der Waals surface area contributed by atoms with Gasteiger partial charge in [-0.15, -0.1) is 0 Å². The van der Waals surface area contributed by atoms with Crippen LogP contribution in [0.2, 0.25) is 0 Å². The summed E-state index contributed by atoms with van der Waals surface area (Å²) in [5.41, 5.74) is 3.08. The van der Waals surface area contributed by atoms with E-state index in [2.05, 4.69) is 17.4 Å². The number of nitrogens with one attached hydrogen (secondary N) is 1. The number of hydrogen-bond acceptors (Lipinski definition) is 2. The van der Waals surface area contributed by atoms with E-state index in [1.807, 2.05) is 35.2 Å². The van der Waals surface area contributed by atoms with Gasteiger partial charge in [0.25, 0.3) is 5.91 Å². The van der Waals surface area contributed by atoms with Gasteiger partial charge in [0.1, 0.15) is 0 Å². The summed E-state index contributed by atoms with van der Waals surface area (Å²) < 4.78 is 0. The molecule has 1 N–H and O–H groups in total. The molecule has 2 aliphatic rings. The number of benzene rings is 2. The summed E-state index contributed by atoms with van der Waals surface area (Å²) >= 11 is 0. The number of fused-ring (bicyclic) bond motifs is 3. The molecule has 1 fully saturated rings. The number of carbonyl (C=O) groups is 2. The highest BCUT2D eigenvalue weighted by Crippen LogP contribution is 2.38. The zero-order valence-corrected chi connectivity index (χ0v) is 12.7. The molecule has 2 heterocycles. The average molecular weight is 306 g/mol. The molecule has 2 amide bonds. The van der Waals surface area contributed by atoms with Crippen LogP contribution in [0.3, 0.4) is 0 Å². The highest BCUT2D eigenvalue weighted by atomic mass is 16.2. The van der Waals surface area contributed by atoms with Crippen molar-refractivity contribution < 1.29 is 9.59 Å². The minimum Gasteiger partial charge on any atom is -0.346 e. The maximum absolute atomic E-state index is 12.5. The van der Waals surface area contributed by atoms with Gasteiger partial charge >= 0.3 is 0 Å². The lowest BCUT2D eigenvalue weighted by Crippen LogP contribution is -2.42. The molecule has 4 nitrogen and oxygen atoms in total. The Balaban J connectivity index is 1.63. The SMILES string of the molecule is O=C(N[C@@H]1CC(=O)N2CCc3ccccc3[C@H]12)c1ccccc1. The maximum Gasteiger partial charge on any atom is 0.251 e. The van der Waals surface area contributed by atoms with Gasteiger partial charge in [0.05, 0.1) is 12.1 Å². The van der Waals surface area contributed by atoms with Gasteiger partial charge in [-0.1, -0.05) is 42.5 Å². The van der Waals surface area contributed by atoms with E-state index in [4.69, 9.17) is 0 Å². The Morgan fingerprint density at radius 1 is 1.04 bits per heavy atom. The van der Waals surface area contributed by atoms with Crippen LogP contribution < -0.4 is 5.32 Å². The minimum absolute atomic E-state index is 0.0416. The molecule has 0 saturated carbocycles. The molecule has 0 radical (unpaired) electrons. The topological polar surface area (TPSA) is 49.4 Å². The van der Waals surface area contributed by atoms with Gasteiger partial charge < -0.3 is 10.2 Å². The quantitative estimate of drug-likeness (QED) is 0.925. The standard InChI is InChI=1S/C19H18N2O2/c22-17-12-16(20-19(23)14-7-2-1-3-8-14)18-15-9-5-4-6-13(15)10-11-21(17)18/h1-9,16,18H,10-12H2,(H,20,23)/t16-,18-/m1/s1. The highest BCUT2D eigenvalue weighted by Gasteiger charge is 2.43. The lowest BCUT2D eigenvalue weighted by molar-refractivity contribution is -0.129. The summed E-state index contributed by atoms with van der Waals surface area (Å²) in [4.78, 5) is 26.7. The van der Waals surface area contributed by atoms with Crippen LogP contribution in [-0.2, 0) is 11.2 Å². The van der Waals surface area contributed by atoms with Crippen molar-refractivity contribution in [2.45, 2.75) is 24.9 Å². The predicted molar refractivity (Wildman–Crippen MR) is 86.9 cm³/mol. The molecule has 2 aliphatic heterocycles. The van der Waals surface area contributed by atoms with E-state index in [0.717, 1.165) is 13.0 Å². The van der Waals surface area contributed by atoms with Gasteiger partial charge in [-0.25, -0.2) is 0 Å². The summed E-state index contributed by atoms with van der Waals surface area (Å²) in [5, 5.41) is 3.06. The molecule has 4 rings (SSSR count). The van der Waals surface area contributed by atoms with Gasteiger partial charge in [0, 0.05) is 18.5 Å². The van der Waals surface area contributed by atoms with Crippen molar-refractivity contribution in [2.75, 3.05) is 6.54 Å². The van der Waals surface area contributed by atoms with Crippen molar-refractivity contribution in [1.82, 2.24) is 10.2 Å². The van der Waals surface area contributed by atoms with Crippen LogP contribution in [0.4, 0.5) is 0 Å². The molecule has 116 valence electrons. The Kier molecular flexibility index (Phi) is 3.37. The smallest absolute Gasteiger partial charge is 0.251 e. The average Bonchev–Trinajstić information content (AvgIpc) is 2.92. The normalized spacial score (nSPS) is 22.4. The van der Waals surface area contributed by atoms with Crippen LogP contribution in [0.15, 0.2) is 54.6 Å². The number of carbonyl (C=O) groups excluding carboxylic acids is 2. The minimum atomic E-state index is -0.170. The Bertz CT molecular complexity index is 757. The fourth-order valence-corrected chi connectivity index (χ4v) is 3.70. The van der Waals surface area contributed by atoms with E-state index < -0.39 is 0 Å². The highest BCUT2D eigenvalue weighted by molar-refractivity contribution is 5.95. The Labute approximate surface area is 135 Å². The molecule has 0 bridgehead atoms. The molecule has 1 saturated heterocycles. The van der Waals surface area contributed by atoms with Crippen LogP contribution in [0.25, 0.3) is 0 Å². The molecular formula is C19H18N2O2. The van der Waals surface area contributed by atoms with E-state index >= 15 is 0 Å². The molecule has 0 aromatic heterocycles. The first-order chi connectivity index (χ1) is 11.2. The lowest BCUT2D eigenvalue weighted by atomic mass is 9.90. The molecule has 4 heteroatoms. The van der Waals surface area contributed by atoms with Crippen molar-refractivity contribution in [1.29, 1.82) is 0 Å². The van der Waals surface area contributed by atoms with Crippen LogP contribution in [0, 0.1) is 0 Å². The predicted octanol–water partition coefficient (Wildman–Crippen LogP) is 2.31. The summed E-state index contributed by atoms with van der Waals surface area (Å²) in [6, 6.07) is 17.2. The molecule has 23 heavy (non-hydrogen) atoms. The van der Waals surface area contributed by atoms with Gasteiger partial charge in [0.15, 0.2) is 0 Å². The number of hydrogen-bond donors (Lipinski definition) is 1. The summed E-state index contributed by atoms with van der Waals surface area (Å²) in [7, 11) is 0. The first-order valence-corrected chi connectivity index (χ1v) is 7.97. The molecule has 2 aromatic carbocycles. The van der Waals surface area contributed by atoms with Gasteiger partial charge in [-0.2, -0.15) is 0 Å². The van der Waals surface area contributed by atoms with Crippen LogP contribution in [-0.4, -0.2) is 29.3 Å². The number of amides is 2. The van der Waals surface area contributed by atoms with Crippen molar-refractivity contribution in [3.63, 3.8) is 0 Å². The largest absolute Gasteiger partial charge is 0.346 e. The molecule has 2 atom stereocenters. The summed E-state index contributed by atoms with van der Waals surface area (Å²) in [5.74, 6) is 0.0103. The second kappa shape index (κ2) is 5.54. The van der Waals surface area contributed by atoms with Crippen LogP contribution in [0.5, 0.6) is 0 Å². The molecule has 0 unspecified atom stereocenters. The van der Waals surface area contributed by atoms with Crippen molar-refractivity contribution in [3.05, 3.63) is 71.3 Å². The van der Waals surface area contributed by atoms with E-state index in [1.165, 1.54) is 11.1 Å². The van der Waals surface area contributed by atoms with Crippen molar-refractivity contribution in [3.8, 4) is 0 Å². The van der Waals surface area contributed by atoms with Gasteiger partial charge in [-0.3, -0.25) is 9.59 Å². The summed E-state index contributed by atoms with van der Waals surface area (Å²) in [6.45, 7) is 0.734. The number of nitrogens with zero attached hydrogens (tertiary/aromatic N) is 1. The first kappa shape index (κ1) is 14.0. The van der Waals surface area contributed by atoms with E-state index in [9.17, 15) is 9.59 Å². The Morgan fingerprint density at radius 3 is 2.61 bits per heavy atom. The van der Waals surface area contributed by atoms with E-state index in [-0.39, 0.29) is 23.9 Å². The second-order valence-corrected chi connectivity index (χ2v) is 6.13. The van der Waals surface area contributed by atoms with E-state index in [0.29, 0.717) is 12.0 Å². The zero-order valence-electron chi connectivity index (χ0n) is 12.7. The Morgan fingerprint density at radius 2 is 1.78 bits per heavy atom. The molecule has 0 spiro atoms. The Hall–Kier alpha value is -2.62. The fourth-order valence-electron chi connectivity index (χ4n) is 3.70. The van der Waals surface area contributed by atoms with Crippen LogP contribution >= 0.6 is 0 Å². The third kappa shape index (κ3) is 2.40. The monoisotopic (exact) mass is 306 g/mol. The third-order valence-electron chi connectivity index (χ3n) is 4.78. The summed E-state index contributed by atoms with van der Waals surface area (Å²) in [6.07, 6.45) is 1.26. The molecular weight excluding hydrogens is 288 g/mol. The maximum atomic E-state index is 12.5. The van der Waals surface area contributed by atoms with Crippen molar-refractivity contribution in [2.24, 2.45) is 0 Å². The lowest BCUT2D eigenvalue weighted by Gasteiger charge is -2.34. The van der Waals surface area contributed by atoms with Crippen LogP contribution in [0.1, 0.15) is 33.9 Å². The fraction of sp³-hybridized carbons (Fsp3) is 0.263. The number of rotatable bonds is 2. The molecule has 2 aromatic rings. The molecule has 0 aliphatic carbocycles. The first-order valence-electron chi connectivity index (χ1n) is 7.97. The van der Waals surface area contributed by atoms with Crippen molar-refractivity contribution >= 4 is 11.8 Å². The van der Waals surface area contributed by atoms with E-state index in [1.54, 1.807) is 12.1 Å². The zero-order chi connectivity index (χ0) is 15.8. The van der Waals surface area contributed by atoms with Gasteiger partial charge in [-0.05, 0) is 29.7 Å².